The smallest absolute Gasteiger partial charge is 0.282 e. The van der Waals surface area contributed by atoms with Gasteiger partial charge in [0.05, 0.1) is 6.04 Å². The maximum atomic E-state index is 12.7. The van der Waals surface area contributed by atoms with Gasteiger partial charge in [-0.3, -0.25) is 9.69 Å². The largest absolute Gasteiger partial charge is 0.325 e. The molecule has 8 heteroatoms. The van der Waals surface area contributed by atoms with Gasteiger partial charge in [-0.05, 0) is 30.0 Å². The third-order valence-corrected chi connectivity index (χ3v) is 7.76. The van der Waals surface area contributed by atoms with Crippen LogP contribution in [0.5, 0.6) is 0 Å². The summed E-state index contributed by atoms with van der Waals surface area (Å²) in [5, 5.41) is 2.97. The van der Waals surface area contributed by atoms with E-state index in [0.29, 0.717) is 39.3 Å². The van der Waals surface area contributed by atoms with Crippen molar-refractivity contribution in [1.29, 1.82) is 0 Å². The number of nitrogens with zero attached hydrogens (tertiary/aromatic N) is 3. The Labute approximate surface area is 176 Å². The molecular formula is C21H36N4O3S. The van der Waals surface area contributed by atoms with Crippen LogP contribution in [-0.4, -0.2) is 73.1 Å². The maximum Gasteiger partial charge on any atom is 0.282 e. The third kappa shape index (κ3) is 5.78. The minimum Gasteiger partial charge on any atom is -0.325 e. The lowest BCUT2D eigenvalue weighted by molar-refractivity contribution is -0.121. The van der Waals surface area contributed by atoms with Crippen molar-refractivity contribution in [2.45, 2.75) is 53.0 Å². The molecule has 7 nitrogen and oxygen atoms in total. The van der Waals surface area contributed by atoms with Crippen molar-refractivity contribution < 1.29 is 13.2 Å². The van der Waals surface area contributed by atoms with E-state index < -0.39 is 10.2 Å². The van der Waals surface area contributed by atoms with Crippen LogP contribution in [0, 0.1) is 0 Å². The predicted molar refractivity (Wildman–Crippen MR) is 118 cm³/mol. The number of amides is 1. The Kier molecular flexibility index (Phi) is 7.84. The Balaban J connectivity index is 1.93. The number of hydrogen-bond donors (Lipinski definition) is 1. The number of rotatable bonds is 7. The Morgan fingerprint density at radius 3 is 2.03 bits per heavy atom. The van der Waals surface area contributed by atoms with E-state index in [0.717, 1.165) is 5.69 Å². The molecule has 164 valence electrons. The van der Waals surface area contributed by atoms with Gasteiger partial charge in [0, 0.05) is 45.0 Å². The molecule has 1 atom stereocenters. The second-order valence-corrected chi connectivity index (χ2v) is 10.4. The molecule has 1 saturated heterocycles. The molecule has 29 heavy (non-hydrogen) atoms. The van der Waals surface area contributed by atoms with Crippen LogP contribution in [0.4, 0.5) is 5.69 Å². The Bertz CT molecular complexity index is 775. The van der Waals surface area contributed by atoms with Gasteiger partial charge >= 0.3 is 0 Å². The number of carbonyl (C=O) groups excluding carboxylic acids is 1. The van der Waals surface area contributed by atoms with E-state index in [1.807, 2.05) is 49.9 Å². The van der Waals surface area contributed by atoms with Gasteiger partial charge < -0.3 is 5.32 Å². The van der Waals surface area contributed by atoms with E-state index in [1.54, 1.807) is 0 Å². The summed E-state index contributed by atoms with van der Waals surface area (Å²) in [4.78, 5) is 14.7. The molecular weight excluding hydrogens is 388 g/mol. The predicted octanol–water partition coefficient (Wildman–Crippen LogP) is 2.52. The quantitative estimate of drug-likeness (QED) is 0.730. The highest BCUT2D eigenvalue weighted by molar-refractivity contribution is 7.86. The molecule has 0 bridgehead atoms. The molecule has 1 amide bonds. The van der Waals surface area contributed by atoms with Crippen LogP contribution in [-0.2, 0) is 20.4 Å². The van der Waals surface area contributed by atoms with Gasteiger partial charge in [-0.1, -0.05) is 46.8 Å². The second-order valence-electron chi connectivity index (χ2n) is 8.52. The van der Waals surface area contributed by atoms with E-state index in [2.05, 4.69) is 26.1 Å². The highest BCUT2D eigenvalue weighted by atomic mass is 32.2. The molecule has 1 unspecified atom stereocenters. The molecule has 1 aliphatic heterocycles. The summed E-state index contributed by atoms with van der Waals surface area (Å²) in [6.07, 6.45) is 0. The SMILES string of the molecule is CCN(CC)S(=O)(=O)N1CCN(C(C)C(=O)Nc2ccc(C(C)(C)C)cc2)CC1. The average Bonchev–Trinajstić information content (AvgIpc) is 2.68. The summed E-state index contributed by atoms with van der Waals surface area (Å²) >= 11 is 0. The Morgan fingerprint density at radius 1 is 1.07 bits per heavy atom. The van der Waals surface area contributed by atoms with Gasteiger partial charge in [0.15, 0.2) is 0 Å². The molecule has 1 aliphatic rings. The minimum atomic E-state index is -3.42. The van der Waals surface area contributed by atoms with Crippen LogP contribution in [0.15, 0.2) is 24.3 Å². The number of anilines is 1. The molecule has 0 radical (unpaired) electrons. The van der Waals surface area contributed by atoms with Gasteiger partial charge in [-0.15, -0.1) is 0 Å². The van der Waals surface area contributed by atoms with Crippen molar-refractivity contribution in [2.75, 3.05) is 44.6 Å². The molecule has 1 aromatic carbocycles. The van der Waals surface area contributed by atoms with Gasteiger partial charge in [0.2, 0.25) is 5.91 Å². The van der Waals surface area contributed by atoms with Crippen LogP contribution < -0.4 is 5.32 Å². The van der Waals surface area contributed by atoms with Gasteiger partial charge in [-0.2, -0.15) is 17.0 Å². The van der Waals surface area contributed by atoms with Crippen LogP contribution in [0.1, 0.15) is 47.1 Å². The molecule has 1 heterocycles. The summed E-state index contributed by atoms with van der Waals surface area (Å²) in [7, 11) is -3.42. The Morgan fingerprint density at radius 2 is 1.59 bits per heavy atom. The lowest BCUT2D eigenvalue weighted by atomic mass is 9.87. The number of hydrogen-bond acceptors (Lipinski definition) is 4. The highest BCUT2D eigenvalue weighted by Crippen LogP contribution is 2.23. The van der Waals surface area contributed by atoms with E-state index in [4.69, 9.17) is 0 Å². The lowest BCUT2D eigenvalue weighted by Gasteiger charge is -2.38. The first-order valence-corrected chi connectivity index (χ1v) is 11.8. The number of nitrogens with one attached hydrogen (secondary N) is 1. The van der Waals surface area contributed by atoms with Crippen LogP contribution >= 0.6 is 0 Å². The van der Waals surface area contributed by atoms with E-state index in [-0.39, 0.29) is 17.4 Å². The van der Waals surface area contributed by atoms with Gasteiger partial charge in [-0.25, -0.2) is 0 Å². The maximum absolute atomic E-state index is 12.7. The first-order chi connectivity index (χ1) is 13.5. The molecule has 0 aromatic heterocycles. The normalized spacial score (nSPS) is 18.0. The zero-order chi connectivity index (χ0) is 21.8. The molecule has 0 aliphatic carbocycles. The molecule has 2 rings (SSSR count). The van der Waals surface area contributed by atoms with Crippen molar-refractivity contribution >= 4 is 21.8 Å². The van der Waals surface area contributed by atoms with Crippen molar-refractivity contribution in [1.82, 2.24) is 13.5 Å². The van der Waals surface area contributed by atoms with Crippen LogP contribution in [0.2, 0.25) is 0 Å². The fourth-order valence-electron chi connectivity index (χ4n) is 3.50. The van der Waals surface area contributed by atoms with E-state index >= 15 is 0 Å². The summed E-state index contributed by atoms with van der Waals surface area (Å²) < 4.78 is 28.3. The molecule has 1 fully saturated rings. The van der Waals surface area contributed by atoms with Crippen molar-refractivity contribution in [3.63, 3.8) is 0 Å². The number of carbonyl (C=O) groups is 1. The summed E-state index contributed by atoms with van der Waals surface area (Å²) in [6, 6.07) is 7.61. The monoisotopic (exact) mass is 424 g/mol. The Hall–Kier alpha value is -1.48. The van der Waals surface area contributed by atoms with Crippen molar-refractivity contribution in [3.05, 3.63) is 29.8 Å². The van der Waals surface area contributed by atoms with Crippen LogP contribution in [0.3, 0.4) is 0 Å². The van der Waals surface area contributed by atoms with Crippen molar-refractivity contribution in [3.8, 4) is 0 Å². The lowest BCUT2D eigenvalue weighted by Crippen LogP contribution is -2.56. The average molecular weight is 425 g/mol. The van der Waals surface area contributed by atoms with Gasteiger partial charge in [0.1, 0.15) is 0 Å². The highest BCUT2D eigenvalue weighted by Gasteiger charge is 2.33. The fraction of sp³-hybridized carbons (Fsp3) is 0.667. The molecule has 0 spiro atoms. The third-order valence-electron chi connectivity index (χ3n) is 5.58. The second kappa shape index (κ2) is 9.55. The molecule has 1 aromatic rings. The summed E-state index contributed by atoms with van der Waals surface area (Å²) in [6.45, 7) is 14.8. The zero-order valence-corrected chi connectivity index (χ0v) is 19.4. The molecule has 0 saturated carbocycles. The summed E-state index contributed by atoms with van der Waals surface area (Å²) in [5.74, 6) is -0.0754. The van der Waals surface area contributed by atoms with Gasteiger partial charge in [0.25, 0.3) is 10.2 Å². The zero-order valence-electron chi connectivity index (χ0n) is 18.6. The number of piperazine rings is 1. The van der Waals surface area contributed by atoms with Crippen molar-refractivity contribution in [2.24, 2.45) is 0 Å². The first kappa shape index (κ1) is 23.8. The van der Waals surface area contributed by atoms with E-state index in [9.17, 15) is 13.2 Å². The first-order valence-electron chi connectivity index (χ1n) is 10.4. The topological polar surface area (TPSA) is 73.0 Å². The van der Waals surface area contributed by atoms with Crippen LogP contribution in [0.25, 0.3) is 0 Å². The van der Waals surface area contributed by atoms with E-state index in [1.165, 1.54) is 14.2 Å². The fourth-order valence-corrected chi connectivity index (χ4v) is 5.10. The standard InChI is InChI=1S/C21H36N4O3S/c1-7-24(8-2)29(27,28)25-15-13-23(14-16-25)17(3)20(26)22-19-11-9-18(10-12-19)21(4,5)6/h9-12,17H,7-8,13-16H2,1-6H3,(H,22,26). The molecule has 1 N–H and O–H groups in total. The minimum absolute atomic E-state index is 0.0704. The number of benzene rings is 1. The summed E-state index contributed by atoms with van der Waals surface area (Å²) in [5.41, 5.74) is 2.06.